The monoisotopic (exact) mass is 413 g/mol. The molecule has 2 fully saturated rings. The zero-order valence-corrected chi connectivity index (χ0v) is 18.0. The molecule has 3 heterocycles. The number of nitrogens with zero attached hydrogens (tertiary/aromatic N) is 6. The van der Waals surface area contributed by atoms with Crippen molar-refractivity contribution in [2.45, 2.75) is 12.3 Å². The summed E-state index contributed by atoms with van der Waals surface area (Å²) in [5.74, 6) is 1.34. The Bertz CT molecular complexity index is 839. The zero-order chi connectivity index (χ0) is 20.9. The van der Waals surface area contributed by atoms with Crippen molar-refractivity contribution in [2.75, 3.05) is 64.3 Å². The second kappa shape index (κ2) is 9.47. The molecule has 0 saturated carbocycles. The first-order valence-electron chi connectivity index (χ1n) is 10.8. The number of halogens is 1. The van der Waals surface area contributed by atoms with Crippen LogP contribution in [0.1, 0.15) is 17.9 Å². The van der Waals surface area contributed by atoms with Gasteiger partial charge in [0.1, 0.15) is 5.82 Å². The minimum Gasteiger partial charge on any atom is -0.369 e. The smallest absolute Gasteiger partial charge is 0.193 e. The number of anilines is 1. The second-order valence-electron chi connectivity index (χ2n) is 8.16. The molecular formula is C22H32FN7. The highest BCUT2D eigenvalue weighted by atomic mass is 19.1. The average molecular weight is 414 g/mol. The summed E-state index contributed by atoms with van der Waals surface area (Å²) in [7, 11) is 3.83. The minimum absolute atomic E-state index is 0.179. The van der Waals surface area contributed by atoms with Gasteiger partial charge < -0.3 is 15.1 Å². The summed E-state index contributed by atoms with van der Waals surface area (Å²) in [6, 6.07) is 6.81. The molecular weight excluding hydrogens is 381 g/mol. The number of hydrogen-bond acceptors (Lipinski definition) is 4. The molecule has 1 aromatic heterocycles. The van der Waals surface area contributed by atoms with E-state index in [-0.39, 0.29) is 5.82 Å². The summed E-state index contributed by atoms with van der Waals surface area (Å²) in [6.45, 7) is 7.87. The lowest BCUT2D eigenvalue weighted by Crippen LogP contribution is -2.49. The van der Waals surface area contributed by atoms with Crippen molar-refractivity contribution in [1.29, 1.82) is 0 Å². The van der Waals surface area contributed by atoms with Crippen LogP contribution in [0.25, 0.3) is 0 Å². The predicted octanol–water partition coefficient (Wildman–Crippen LogP) is 1.75. The lowest BCUT2D eigenvalue weighted by Gasteiger charge is -2.36. The van der Waals surface area contributed by atoms with E-state index in [4.69, 9.17) is 0 Å². The van der Waals surface area contributed by atoms with Crippen LogP contribution in [0.15, 0.2) is 41.7 Å². The van der Waals surface area contributed by atoms with E-state index in [1.807, 2.05) is 37.1 Å². The molecule has 0 spiro atoms. The summed E-state index contributed by atoms with van der Waals surface area (Å²) >= 11 is 0. The van der Waals surface area contributed by atoms with Gasteiger partial charge in [-0.2, -0.15) is 5.10 Å². The minimum atomic E-state index is -0.179. The van der Waals surface area contributed by atoms with Crippen LogP contribution in [0.4, 0.5) is 10.1 Å². The molecule has 1 N–H and O–H groups in total. The molecule has 1 atom stereocenters. The molecule has 4 rings (SSSR count). The molecule has 7 nitrogen and oxygen atoms in total. The topological polar surface area (TPSA) is 51.9 Å². The quantitative estimate of drug-likeness (QED) is 0.598. The number of benzene rings is 1. The van der Waals surface area contributed by atoms with Gasteiger partial charge >= 0.3 is 0 Å². The van der Waals surface area contributed by atoms with Gasteiger partial charge in [0.2, 0.25) is 0 Å². The van der Waals surface area contributed by atoms with Crippen LogP contribution in [-0.2, 0) is 7.05 Å². The van der Waals surface area contributed by atoms with Crippen LogP contribution < -0.4 is 10.2 Å². The zero-order valence-electron chi connectivity index (χ0n) is 18.0. The second-order valence-corrected chi connectivity index (χ2v) is 8.16. The van der Waals surface area contributed by atoms with Gasteiger partial charge in [-0.1, -0.05) is 0 Å². The molecule has 1 aromatic carbocycles. The fourth-order valence-corrected chi connectivity index (χ4v) is 4.42. The lowest BCUT2D eigenvalue weighted by atomic mass is 10.0. The summed E-state index contributed by atoms with van der Waals surface area (Å²) in [5, 5.41) is 7.85. The molecule has 2 aliphatic heterocycles. The van der Waals surface area contributed by atoms with Crippen molar-refractivity contribution >= 4 is 11.6 Å². The van der Waals surface area contributed by atoms with Crippen molar-refractivity contribution < 1.29 is 4.39 Å². The fraction of sp³-hybridized carbons (Fsp3) is 0.545. The molecule has 0 radical (unpaired) electrons. The number of nitrogens with one attached hydrogen (secondary N) is 1. The Kier molecular flexibility index (Phi) is 6.52. The Morgan fingerprint density at radius 3 is 2.60 bits per heavy atom. The molecule has 162 valence electrons. The Morgan fingerprint density at radius 2 is 1.93 bits per heavy atom. The highest BCUT2D eigenvalue weighted by Gasteiger charge is 2.27. The number of hydrogen-bond donors (Lipinski definition) is 1. The largest absolute Gasteiger partial charge is 0.369 e. The maximum Gasteiger partial charge on any atom is 0.193 e. The van der Waals surface area contributed by atoms with Gasteiger partial charge in [0, 0.05) is 84.3 Å². The third kappa shape index (κ3) is 4.92. The van der Waals surface area contributed by atoms with Crippen molar-refractivity contribution in [1.82, 2.24) is 24.9 Å². The third-order valence-corrected chi connectivity index (χ3v) is 6.17. The predicted molar refractivity (Wildman–Crippen MR) is 119 cm³/mol. The highest BCUT2D eigenvalue weighted by molar-refractivity contribution is 5.80. The molecule has 2 aromatic rings. The maximum atomic E-state index is 13.1. The Hall–Kier alpha value is -2.61. The molecule has 8 heteroatoms. The number of rotatable bonds is 5. The number of aromatic nitrogens is 2. The molecule has 0 aliphatic carbocycles. The van der Waals surface area contributed by atoms with Crippen LogP contribution in [0.3, 0.4) is 0 Å². The number of aryl methyl sites for hydroxylation is 1. The first kappa shape index (κ1) is 20.7. The lowest BCUT2D eigenvalue weighted by molar-refractivity contribution is 0.260. The molecule has 2 saturated heterocycles. The van der Waals surface area contributed by atoms with Crippen molar-refractivity contribution in [2.24, 2.45) is 12.0 Å². The Morgan fingerprint density at radius 1 is 1.17 bits per heavy atom. The first-order valence-corrected chi connectivity index (χ1v) is 10.8. The van der Waals surface area contributed by atoms with Crippen molar-refractivity contribution in [3.8, 4) is 0 Å². The van der Waals surface area contributed by atoms with Crippen LogP contribution in [0.2, 0.25) is 0 Å². The average Bonchev–Trinajstić information content (AvgIpc) is 3.41. The van der Waals surface area contributed by atoms with E-state index in [1.54, 1.807) is 0 Å². The molecule has 2 aliphatic rings. The van der Waals surface area contributed by atoms with Gasteiger partial charge in [-0.05, 0) is 36.2 Å². The van der Waals surface area contributed by atoms with E-state index in [9.17, 15) is 4.39 Å². The maximum absolute atomic E-state index is 13.1. The van der Waals surface area contributed by atoms with Crippen LogP contribution in [0.5, 0.6) is 0 Å². The standard InChI is InChI=1S/C22H32FN7/c1-24-22(30-9-7-18(17-30)19-15-26-27(2)16-19)25-8-10-28-11-13-29(14-12-28)21-5-3-20(23)4-6-21/h3-6,15-16,18H,7-14,17H2,1-2H3,(H,24,25). The van der Waals surface area contributed by atoms with Gasteiger partial charge in [0.05, 0.1) is 6.20 Å². The van der Waals surface area contributed by atoms with Gasteiger partial charge in [-0.15, -0.1) is 0 Å². The van der Waals surface area contributed by atoms with E-state index >= 15 is 0 Å². The summed E-state index contributed by atoms with van der Waals surface area (Å²) in [5.41, 5.74) is 2.42. The van der Waals surface area contributed by atoms with E-state index < -0.39 is 0 Å². The molecule has 1 unspecified atom stereocenters. The summed E-state index contributed by atoms with van der Waals surface area (Å²) in [4.78, 5) is 11.6. The summed E-state index contributed by atoms with van der Waals surface area (Å²) < 4.78 is 15.0. The van der Waals surface area contributed by atoms with Crippen LogP contribution in [-0.4, -0.2) is 84.9 Å². The number of guanidine groups is 1. The SMILES string of the molecule is CN=C(NCCN1CCN(c2ccc(F)cc2)CC1)N1CCC(c2cnn(C)c2)C1. The first-order chi connectivity index (χ1) is 14.6. The Labute approximate surface area is 178 Å². The van der Waals surface area contributed by atoms with E-state index in [0.29, 0.717) is 5.92 Å². The van der Waals surface area contributed by atoms with Crippen molar-refractivity contribution in [3.63, 3.8) is 0 Å². The van der Waals surface area contributed by atoms with E-state index in [1.165, 1.54) is 17.7 Å². The fourth-order valence-electron chi connectivity index (χ4n) is 4.42. The summed E-state index contributed by atoms with van der Waals surface area (Å²) in [6.07, 6.45) is 5.24. The highest BCUT2D eigenvalue weighted by Crippen LogP contribution is 2.26. The van der Waals surface area contributed by atoms with Gasteiger partial charge in [-0.25, -0.2) is 4.39 Å². The van der Waals surface area contributed by atoms with Gasteiger partial charge in [0.25, 0.3) is 0 Å². The van der Waals surface area contributed by atoms with Crippen LogP contribution in [0, 0.1) is 5.82 Å². The van der Waals surface area contributed by atoms with Crippen LogP contribution >= 0.6 is 0 Å². The normalized spacial score (nSPS) is 20.8. The molecule has 0 bridgehead atoms. The van der Waals surface area contributed by atoms with E-state index in [0.717, 1.165) is 70.4 Å². The van der Waals surface area contributed by atoms with Gasteiger partial charge in [0.15, 0.2) is 5.96 Å². The number of aliphatic imine (C=N–C) groups is 1. The molecule has 30 heavy (non-hydrogen) atoms. The molecule has 0 amide bonds. The third-order valence-electron chi connectivity index (χ3n) is 6.17. The van der Waals surface area contributed by atoms with Gasteiger partial charge in [-0.3, -0.25) is 14.6 Å². The number of likely N-dealkylation sites (tertiary alicyclic amines) is 1. The van der Waals surface area contributed by atoms with E-state index in [2.05, 4.69) is 36.3 Å². The number of piperazine rings is 1. The Balaban J connectivity index is 1.19. The van der Waals surface area contributed by atoms with Crippen molar-refractivity contribution in [3.05, 3.63) is 48.0 Å².